The summed E-state index contributed by atoms with van der Waals surface area (Å²) in [7, 11) is 0. The van der Waals surface area contributed by atoms with Crippen LogP contribution in [-0.4, -0.2) is 23.8 Å². The normalized spacial score (nSPS) is 23.3. The zero-order valence-corrected chi connectivity index (χ0v) is 15.0. The van der Waals surface area contributed by atoms with E-state index in [2.05, 4.69) is 36.6 Å². The Balaban J connectivity index is 1.77. The Morgan fingerprint density at radius 3 is 2.59 bits per heavy atom. The fourth-order valence-electron chi connectivity index (χ4n) is 2.86. The van der Waals surface area contributed by atoms with E-state index in [0.717, 1.165) is 19.3 Å². The van der Waals surface area contributed by atoms with Crippen LogP contribution in [0.2, 0.25) is 0 Å². The second-order valence-corrected chi connectivity index (χ2v) is 8.51. The summed E-state index contributed by atoms with van der Waals surface area (Å²) < 4.78 is 5.32. The van der Waals surface area contributed by atoms with Crippen LogP contribution in [0.15, 0.2) is 12.1 Å². The molecule has 1 aromatic rings. The molecule has 22 heavy (non-hydrogen) atoms. The Kier molecular flexibility index (Phi) is 5.50. The summed E-state index contributed by atoms with van der Waals surface area (Å²) in [6, 6.07) is 5.40. The molecule has 2 rings (SSSR count). The minimum absolute atomic E-state index is 0.213. The average molecular weight is 324 g/mol. The highest BCUT2D eigenvalue weighted by Crippen LogP contribution is 2.26. The molecule has 2 N–H and O–H groups in total. The highest BCUT2D eigenvalue weighted by molar-refractivity contribution is 7.12. The van der Waals surface area contributed by atoms with Crippen molar-refractivity contribution in [2.45, 2.75) is 77.6 Å². The summed E-state index contributed by atoms with van der Waals surface area (Å²) >= 11 is 1.84. The van der Waals surface area contributed by atoms with Gasteiger partial charge in [0.2, 0.25) is 0 Å². The number of hydrogen-bond acceptors (Lipinski definition) is 4. The van der Waals surface area contributed by atoms with E-state index in [-0.39, 0.29) is 12.1 Å². The van der Waals surface area contributed by atoms with Crippen molar-refractivity contribution in [3.63, 3.8) is 0 Å². The first-order valence-corrected chi connectivity index (χ1v) is 8.86. The second kappa shape index (κ2) is 7.01. The van der Waals surface area contributed by atoms with Crippen molar-refractivity contribution in [1.82, 2.24) is 10.6 Å². The van der Waals surface area contributed by atoms with Gasteiger partial charge in [-0.3, -0.25) is 0 Å². The van der Waals surface area contributed by atoms with E-state index >= 15 is 0 Å². The molecule has 0 aromatic carbocycles. The van der Waals surface area contributed by atoms with Crippen LogP contribution in [0.1, 0.15) is 62.8 Å². The van der Waals surface area contributed by atoms with Gasteiger partial charge in [-0.15, -0.1) is 11.3 Å². The molecular weight excluding hydrogens is 296 g/mol. The number of carbonyl (C=O) groups excluding carboxylic acids is 1. The fourth-order valence-corrected chi connectivity index (χ4v) is 3.75. The van der Waals surface area contributed by atoms with Gasteiger partial charge >= 0.3 is 6.09 Å². The van der Waals surface area contributed by atoms with Gasteiger partial charge in [0.15, 0.2) is 0 Å². The van der Waals surface area contributed by atoms with Crippen LogP contribution in [0.25, 0.3) is 0 Å². The van der Waals surface area contributed by atoms with Gasteiger partial charge in [0.05, 0.1) is 0 Å². The predicted molar refractivity (Wildman–Crippen MR) is 91.4 cm³/mol. The van der Waals surface area contributed by atoms with E-state index in [0.29, 0.717) is 12.1 Å². The maximum atomic E-state index is 11.8. The van der Waals surface area contributed by atoms with E-state index in [9.17, 15) is 4.79 Å². The van der Waals surface area contributed by atoms with E-state index in [1.54, 1.807) is 0 Å². The van der Waals surface area contributed by atoms with Gasteiger partial charge in [-0.25, -0.2) is 4.79 Å². The van der Waals surface area contributed by atoms with Crippen molar-refractivity contribution in [3.8, 4) is 0 Å². The molecule has 1 aromatic heterocycles. The van der Waals surface area contributed by atoms with Gasteiger partial charge in [0.1, 0.15) is 5.60 Å². The third kappa shape index (κ3) is 5.29. The van der Waals surface area contributed by atoms with Crippen molar-refractivity contribution in [2.75, 3.05) is 0 Å². The Morgan fingerprint density at radius 2 is 2.00 bits per heavy atom. The Bertz CT molecular complexity index is 507. The van der Waals surface area contributed by atoms with E-state index in [1.165, 1.54) is 9.75 Å². The summed E-state index contributed by atoms with van der Waals surface area (Å²) in [6.45, 7) is 10.00. The van der Waals surface area contributed by atoms with Crippen LogP contribution in [0.4, 0.5) is 4.79 Å². The molecule has 3 unspecified atom stereocenters. The minimum atomic E-state index is -0.439. The van der Waals surface area contributed by atoms with Crippen LogP contribution in [-0.2, 0) is 4.74 Å². The molecule has 0 spiro atoms. The summed E-state index contributed by atoms with van der Waals surface area (Å²) in [4.78, 5) is 14.5. The number of nitrogens with one attached hydrogen (secondary N) is 2. The maximum absolute atomic E-state index is 11.8. The van der Waals surface area contributed by atoms with Crippen LogP contribution in [0.3, 0.4) is 0 Å². The standard InChI is InChI=1S/C17H28N2O2S/c1-11-6-9-15(22-11)12(2)18-13-7-8-14(10-13)19-16(20)21-17(3,4)5/h6,9,12-14,18H,7-8,10H2,1-5H3,(H,19,20). The SMILES string of the molecule is Cc1ccc(C(C)NC2CCC(NC(=O)OC(C)(C)C)C2)s1. The minimum Gasteiger partial charge on any atom is -0.444 e. The number of rotatable bonds is 4. The molecule has 0 bridgehead atoms. The molecule has 1 fully saturated rings. The Labute approximate surface area is 137 Å². The molecule has 1 saturated carbocycles. The van der Waals surface area contributed by atoms with Crippen LogP contribution >= 0.6 is 11.3 Å². The zero-order valence-electron chi connectivity index (χ0n) is 14.2. The van der Waals surface area contributed by atoms with E-state index in [1.807, 2.05) is 32.1 Å². The number of ether oxygens (including phenoxy) is 1. The molecule has 0 saturated heterocycles. The van der Waals surface area contributed by atoms with Crippen molar-refractivity contribution in [2.24, 2.45) is 0 Å². The van der Waals surface area contributed by atoms with Crippen molar-refractivity contribution >= 4 is 17.4 Å². The molecule has 3 atom stereocenters. The van der Waals surface area contributed by atoms with Crippen LogP contribution in [0.5, 0.6) is 0 Å². The number of aryl methyl sites for hydroxylation is 1. The van der Waals surface area contributed by atoms with Gasteiger partial charge in [-0.2, -0.15) is 0 Å². The van der Waals surface area contributed by atoms with Gasteiger partial charge in [0, 0.05) is 27.9 Å². The lowest BCUT2D eigenvalue weighted by atomic mass is 10.2. The molecule has 1 aliphatic rings. The second-order valence-electron chi connectivity index (χ2n) is 7.19. The molecule has 1 heterocycles. The van der Waals surface area contributed by atoms with E-state index in [4.69, 9.17) is 4.74 Å². The van der Waals surface area contributed by atoms with Crippen molar-refractivity contribution < 1.29 is 9.53 Å². The molecule has 0 aliphatic heterocycles. The van der Waals surface area contributed by atoms with Gasteiger partial charge in [-0.1, -0.05) is 0 Å². The maximum Gasteiger partial charge on any atom is 0.407 e. The van der Waals surface area contributed by atoms with Crippen LogP contribution in [0, 0.1) is 6.92 Å². The molecule has 1 amide bonds. The first kappa shape index (κ1) is 17.3. The largest absolute Gasteiger partial charge is 0.444 e. The summed E-state index contributed by atoms with van der Waals surface area (Å²) in [5, 5.41) is 6.66. The number of hydrogen-bond donors (Lipinski definition) is 2. The highest BCUT2D eigenvalue weighted by atomic mass is 32.1. The molecule has 4 nitrogen and oxygen atoms in total. The number of alkyl carbamates (subject to hydrolysis) is 1. The lowest BCUT2D eigenvalue weighted by molar-refractivity contribution is 0.0505. The van der Waals surface area contributed by atoms with E-state index < -0.39 is 5.60 Å². The molecule has 1 aliphatic carbocycles. The average Bonchev–Trinajstić information content (AvgIpc) is 2.96. The summed E-state index contributed by atoms with van der Waals surface area (Å²) in [5.74, 6) is 0. The Morgan fingerprint density at radius 1 is 1.32 bits per heavy atom. The number of carbonyl (C=O) groups is 1. The first-order valence-electron chi connectivity index (χ1n) is 8.05. The monoisotopic (exact) mass is 324 g/mol. The van der Waals surface area contributed by atoms with Crippen LogP contribution < -0.4 is 10.6 Å². The molecule has 5 heteroatoms. The van der Waals surface area contributed by atoms with Crippen molar-refractivity contribution in [1.29, 1.82) is 0 Å². The lowest BCUT2D eigenvalue weighted by Gasteiger charge is -2.22. The van der Waals surface area contributed by atoms with Gasteiger partial charge < -0.3 is 15.4 Å². The predicted octanol–water partition coefficient (Wildman–Crippen LogP) is 4.15. The topological polar surface area (TPSA) is 50.4 Å². The number of thiophene rings is 1. The van der Waals surface area contributed by atoms with Gasteiger partial charge in [0.25, 0.3) is 0 Å². The molecule has 124 valence electrons. The number of amides is 1. The summed E-state index contributed by atoms with van der Waals surface area (Å²) in [6.07, 6.45) is 2.76. The third-order valence-corrected chi connectivity index (χ3v) is 5.01. The lowest BCUT2D eigenvalue weighted by Crippen LogP contribution is -2.39. The molecular formula is C17H28N2O2S. The first-order chi connectivity index (χ1) is 10.2. The smallest absolute Gasteiger partial charge is 0.407 e. The zero-order chi connectivity index (χ0) is 16.3. The quantitative estimate of drug-likeness (QED) is 0.874. The van der Waals surface area contributed by atoms with Gasteiger partial charge in [-0.05, 0) is 66.0 Å². The summed E-state index contributed by atoms with van der Waals surface area (Å²) in [5.41, 5.74) is -0.439. The third-order valence-electron chi connectivity index (χ3n) is 3.83. The highest BCUT2D eigenvalue weighted by Gasteiger charge is 2.28. The fraction of sp³-hybridized carbons (Fsp3) is 0.706. The molecule has 0 radical (unpaired) electrons. The Hall–Kier alpha value is -1.07. The van der Waals surface area contributed by atoms with Crippen molar-refractivity contribution in [3.05, 3.63) is 21.9 Å².